The van der Waals surface area contributed by atoms with Crippen molar-refractivity contribution in [2.75, 3.05) is 6.61 Å². The molecule has 0 fully saturated rings. The van der Waals surface area contributed by atoms with E-state index < -0.39 is 5.97 Å². The second-order valence-corrected chi connectivity index (χ2v) is 5.47. The lowest BCUT2D eigenvalue weighted by molar-refractivity contribution is -0.137. The fourth-order valence-electron chi connectivity index (χ4n) is 2.52. The van der Waals surface area contributed by atoms with E-state index in [2.05, 4.69) is 11.4 Å². The van der Waals surface area contributed by atoms with Gasteiger partial charge >= 0.3 is 5.97 Å². The highest BCUT2D eigenvalue weighted by Crippen LogP contribution is 2.25. The number of carbonyl (C=O) groups excluding carboxylic acids is 1. The topological polar surface area (TPSA) is 75.6 Å². The van der Waals surface area contributed by atoms with Crippen molar-refractivity contribution in [3.8, 4) is 5.75 Å². The first kappa shape index (κ1) is 15.4. The molecule has 5 nitrogen and oxygen atoms in total. The Morgan fingerprint density at radius 1 is 1.33 bits per heavy atom. The number of aryl methyl sites for hydroxylation is 2. The first-order valence-corrected chi connectivity index (χ1v) is 7.30. The summed E-state index contributed by atoms with van der Waals surface area (Å²) in [6.45, 7) is 1.74. The molecule has 1 unspecified atom stereocenters. The molecule has 0 bridgehead atoms. The smallest absolute Gasteiger partial charge is 0.303 e. The summed E-state index contributed by atoms with van der Waals surface area (Å²) < 4.78 is 5.49. The average Bonchev–Trinajstić information content (AvgIpc) is 2.90. The van der Waals surface area contributed by atoms with E-state index >= 15 is 0 Å². The third-order valence-corrected chi connectivity index (χ3v) is 3.64. The van der Waals surface area contributed by atoms with Crippen molar-refractivity contribution in [3.63, 3.8) is 0 Å². The second-order valence-electron chi connectivity index (χ2n) is 5.47. The predicted molar refractivity (Wildman–Crippen MR) is 78.4 cm³/mol. The number of benzene rings is 1. The summed E-state index contributed by atoms with van der Waals surface area (Å²) in [7, 11) is 0. The number of hydrogen-bond donors (Lipinski definition) is 2. The molecule has 0 saturated heterocycles. The summed E-state index contributed by atoms with van der Waals surface area (Å²) in [6.07, 6.45) is 3.84. The Morgan fingerprint density at radius 3 is 2.86 bits per heavy atom. The van der Waals surface area contributed by atoms with Crippen LogP contribution in [-0.2, 0) is 22.4 Å². The van der Waals surface area contributed by atoms with Gasteiger partial charge in [-0.2, -0.15) is 0 Å². The molecule has 0 aromatic heterocycles. The van der Waals surface area contributed by atoms with E-state index in [4.69, 9.17) is 9.84 Å². The molecule has 2 N–H and O–H groups in total. The van der Waals surface area contributed by atoms with E-state index in [1.807, 2.05) is 12.1 Å². The fourth-order valence-corrected chi connectivity index (χ4v) is 2.52. The number of amides is 1. The third-order valence-electron chi connectivity index (χ3n) is 3.64. The molecule has 2 rings (SSSR count). The van der Waals surface area contributed by atoms with E-state index in [1.165, 1.54) is 17.5 Å². The number of carboxylic acids is 1. The SMILES string of the molecule is CC(CCC(=O)O)NC(=O)COc1ccc2c(c1)CCC2. The summed E-state index contributed by atoms with van der Waals surface area (Å²) in [5, 5.41) is 11.3. The molecule has 1 aromatic rings. The van der Waals surface area contributed by atoms with Crippen LogP contribution in [0.1, 0.15) is 37.3 Å². The Labute approximate surface area is 124 Å². The van der Waals surface area contributed by atoms with Gasteiger partial charge in [-0.15, -0.1) is 0 Å². The molecular weight excluding hydrogens is 270 g/mol. The molecule has 21 heavy (non-hydrogen) atoms. The molecule has 1 aliphatic rings. The Balaban J connectivity index is 1.75. The first-order valence-electron chi connectivity index (χ1n) is 7.30. The molecule has 5 heteroatoms. The highest BCUT2D eigenvalue weighted by molar-refractivity contribution is 5.77. The standard InChI is InChI=1S/C16H21NO4/c1-11(5-8-16(19)20)17-15(18)10-21-14-7-6-12-3-2-4-13(12)9-14/h6-7,9,11H,2-5,8,10H2,1H3,(H,17,18)(H,19,20). The maximum absolute atomic E-state index is 11.7. The van der Waals surface area contributed by atoms with Crippen LogP contribution < -0.4 is 10.1 Å². The van der Waals surface area contributed by atoms with E-state index in [9.17, 15) is 9.59 Å². The van der Waals surface area contributed by atoms with Gasteiger partial charge in [0, 0.05) is 12.5 Å². The van der Waals surface area contributed by atoms with E-state index in [0.29, 0.717) is 12.2 Å². The van der Waals surface area contributed by atoms with Gasteiger partial charge in [0.05, 0.1) is 0 Å². The molecule has 0 heterocycles. The molecule has 114 valence electrons. The van der Waals surface area contributed by atoms with Gasteiger partial charge in [-0.1, -0.05) is 6.07 Å². The van der Waals surface area contributed by atoms with Gasteiger partial charge in [0.2, 0.25) is 0 Å². The molecule has 1 atom stereocenters. The molecule has 1 aromatic carbocycles. The molecule has 0 radical (unpaired) electrons. The van der Waals surface area contributed by atoms with Crippen LogP contribution in [-0.4, -0.2) is 29.6 Å². The summed E-state index contributed by atoms with van der Waals surface area (Å²) in [5.41, 5.74) is 2.68. The normalized spacial score (nSPS) is 14.3. The number of carbonyl (C=O) groups is 2. The van der Waals surface area contributed by atoms with E-state index in [0.717, 1.165) is 12.8 Å². The molecule has 1 amide bonds. The summed E-state index contributed by atoms with van der Waals surface area (Å²) in [4.78, 5) is 22.2. The third kappa shape index (κ3) is 4.77. The Kier molecular flexibility index (Phi) is 5.20. The molecule has 0 aliphatic heterocycles. The largest absolute Gasteiger partial charge is 0.484 e. The van der Waals surface area contributed by atoms with Gasteiger partial charge in [0.1, 0.15) is 5.75 Å². The molecule has 1 aliphatic carbocycles. The van der Waals surface area contributed by atoms with Crippen LogP contribution in [0, 0.1) is 0 Å². The lowest BCUT2D eigenvalue weighted by Crippen LogP contribution is -2.36. The maximum Gasteiger partial charge on any atom is 0.303 e. The number of ether oxygens (including phenoxy) is 1. The highest BCUT2D eigenvalue weighted by Gasteiger charge is 2.13. The van der Waals surface area contributed by atoms with Crippen molar-refractivity contribution in [2.24, 2.45) is 0 Å². The number of aliphatic carboxylic acids is 1. The second kappa shape index (κ2) is 7.11. The lowest BCUT2D eigenvalue weighted by Gasteiger charge is -2.13. The van der Waals surface area contributed by atoms with Crippen molar-refractivity contribution in [1.82, 2.24) is 5.32 Å². The number of rotatable bonds is 7. The average molecular weight is 291 g/mol. The van der Waals surface area contributed by atoms with Gasteiger partial charge in [0.25, 0.3) is 5.91 Å². The van der Waals surface area contributed by atoms with Gasteiger partial charge in [-0.05, 0) is 55.9 Å². The van der Waals surface area contributed by atoms with Crippen molar-refractivity contribution in [2.45, 2.75) is 45.1 Å². The van der Waals surface area contributed by atoms with Crippen LogP contribution in [0.25, 0.3) is 0 Å². The zero-order chi connectivity index (χ0) is 15.2. The van der Waals surface area contributed by atoms with Crippen molar-refractivity contribution in [3.05, 3.63) is 29.3 Å². The number of fused-ring (bicyclic) bond motifs is 1. The van der Waals surface area contributed by atoms with Crippen LogP contribution in [0.4, 0.5) is 0 Å². The van der Waals surface area contributed by atoms with Crippen LogP contribution in [0.5, 0.6) is 5.75 Å². The summed E-state index contributed by atoms with van der Waals surface area (Å²) >= 11 is 0. The molecule has 0 saturated carbocycles. The van der Waals surface area contributed by atoms with Crippen LogP contribution in [0.2, 0.25) is 0 Å². The van der Waals surface area contributed by atoms with Crippen molar-refractivity contribution in [1.29, 1.82) is 0 Å². The first-order chi connectivity index (χ1) is 10.0. The van der Waals surface area contributed by atoms with Gasteiger partial charge in [0.15, 0.2) is 6.61 Å². The minimum absolute atomic E-state index is 0.0454. The zero-order valence-corrected chi connectivity index (χ0v) is 12.2. The van der Waals surface area contributed by atoms with Crippen LogP contribution in [0.3, 0.4) is 0 Å². The Morgan fingerprint density at radius 2 is 2.10 bits per heavy atom. The van der Waals surface area contributed by atoms with Crippen molar-refractivity contribution >= 4 is 11.9 Å². The molecular formula is C16H21NO4. The highest BCUT2D eigenvalue weighted by atomic mass is 16.5. The molecule has 0 spiro atoms. The van der Waals surface area contributed by atoms with Crippen LogP contribution in [0.15, 0.2) is 18.2 Å². The lowest BCUT2D eigenvalue weighted by atomic mass is 10.1. The zero-order valence-electron chi connectivity index (χ0n) is 12.2. The van der Waals surface area contributed by atoms with E-state index in [1.54, 1.807) is 6.92 Å². The van der Waals surface area contributed by atoms with Crippen LogP contribution >= 0.6 is 0 Å². The quantitative estimate of drug-likeness (QED) is 0.805. The monoisotopic (exact) mass is 291 g/mol. The predicted octanol–water partition coefficient (Wildman–Crippen LogP) is 1.92. The van der Waals surface area contributed by atoms with Gasteiger partial charge < -0.3 is 15.2 Å². The number of carboxylic acid groups (broad SMARTS) is 1. The maximum atomic E-state index is 11.7. The van der Waals surface area contributed by atoms with Gasteiger partial charge in [-0.25, -0.2) is 0 Å². The Bertz CT molecular complexity index is 527. The van der Waals surface area contributed by atoms with E-state index in [-0.39, 0.29) is 25.0 Å². The Hall–Kier alpha value is -2.04. The minimum Gasteiger partial charge on any atom is -0.484 e. The summed E-state index contributed by atoms with van der Waals surface area (Å²) in [5.74, 6) is -0.372. The minimum atomic E-state index is -0.856. The van der Waals surface area contributed by atoms with Crippen molar-refractivity contribution < 1.29 is 19.4 Å². The summed E-state index contributed by atoms with van der Waals surface area (Å²) in [6, 6.07) is 5.79. The number of nitrogens with one attached hydrogen (secondary N) is 1. The number of hydrogen-bond acceptors (Lipinski definition) is 3. The fraction of sp³-hybridized carbons (Fsp3) is 0.500. The van der Waals surface area contributed by atoms with Gasteiger partial charge in [-0.3, -0.25) is 9.59 Å².